The fourth-order valence-electron chi connectivity index (χ4n) is 3.28. The number of hydrogen-bond acceptors (Lipinski definition) is 6. The molecule has 0 aliphatic carbocycles. The molecule has 29 heavy (non-hydrogen) atoms. The minimum atomic E-state index is 0.520. The molecule has 0 N–H and O–H groups in total. The van der Waals surface area contributed by atoms with Crippen LogP contribution in [0.1, 0.15) is 32.2 Å². The summed E-state index contributed by atoms with van der Waals surface area (Å²) >= 11 is 0. The molecule has 7 nitrogen and oxygen atoms in total. The van der Waals surface area contributed by atoms with Gasteiger partial charge in [-0.15, -0.1) is 0 Å². The molecule has 2 aromatic carbocycles. The molecule has 0 spiro atoms. The quantitative estimate of drug-likeness (QED) is 0.440. The fourth-order valence-corrected chi connectivity index (χ4v) is 3.28. The molecule has 0 radical (unpaired) electrons. The van der Waals surface area contributed by atoms with Gasteiger partial charge in [0.2, 0.25) is 11.7 Å². The second kappa shape index (κ2) is 8.34. The van der Waals surface area contributed by atoms with Crippen LogP contribution < -0.4 is 9.47 Å². The van der Waals surface area contributed by atoms with Gasteiger partial charge in [-0.3, -0.25) is 0 Å². The Hall–Kier alpha value is -3.35. The van der Waals surface area contributed by atoms with Gasteiger partial charge in [-0.1, -0.05) is 11.2 Å². The molecule has 4 rings (SSSR count). The maximum Gasteiger partial charge on any atom is 0.231 e. The number of ether oxygens (including phenoxy) is 2. The molecule has 0 unspecified atom stereocenters. The number of rotatable bonds is 8. The van der Waals surface area contributed by atoms with E-state index in [1.807, 2.05) is 56.6 Å². The molecule has 2 aromatic heterocycles. The van der Waals surface area contributed by atoms with Crippen molar-refractivity contribution >= 4 is 11.0 Å². The highest BCUT2D eigenvalue weighted by molar-refractivity contribution is 5.80. The molecule has 4 aromatic rings. The van der Waals surface area contributed by atoms with E-state index in [1.54, 1.807) is 0 Å². The molecule has 7 heteroatoms. The lowest BCUT2D eigenvalue weighted by Crippen LogP contribution is -1.99. The molecule has 0 saturated carbocycles. The standard InChI is InChI=1S/C22H24N4O3/c1-4-26-14-23-17-13-16(8-9-18(17)26)22-24-21(29-25-22)12-15-7-10-19(27-5-2)20(11-15)28-6-3/h7-11,13-14H,4-6,12H2,1-3H3. The van der Waals surface area contributed by atoms with E-state index in [0.29, 0.717) is 31.3 Å². The van der Waals surface area contributed by atoms with Gasteiger partial charge >= 0.3 is 0 Å². The van der Waals surface area contributed by atoms with Gasteiger partial charge in [0.15, 0.2) is 11.5 Å². The maximum absolute atomic E-state index is 5.69. The molecular weight excluding hydrogens is 368 g/mol. The second-order valence-corrected chi connectivity index (χ2v) is 6.57. The number of imidazole rings is 1. The van der Waals surface area contributed by atoms with E-state index in [4.69, 9.17) is 14.0 Å². The molecule has 0 amide bonds. The summed E-state index contributed by atoms with van der Waals surface area (Å²) in [7, 11) is 0. The van der Waals surface area contributed by atoms with Gasteiger partial charge < -0.3 is 18.6 Å². The van der Waals surface area contributed by atoms with E-state index in [-0.39, 0.29) is 0 Å². The lowest BCUT2D eigenvalue weighted by atomic mass is 10.1. The minimum absolute atomic E-state index is 0.520. The first-order valence-electron chi connectivity index (χ1n) is 9.88. The number of aryl methyl sites for hydroxylation is 1. The van der Waals surface area contributed by atoms with E-state index in [1.165, 1.54) is 0 Å². The summed E-state index contributed by atoms with van der Waals surface area (Å²) in [5.41, 5.74) is 3.92. The van der Waals surface area contributed by atoms with Gasteiger partial charge in [0.1, 0.15) is 0 Å². The molecule has 0 aliphatic heterocycles. The van der Waals surface area contributed by atoms with Crippen LogP contribution >= 0.6 is 0 Å². The predicted octanol–water partition coefficient (Wildman–Crippen LogP) is 4.49. The van der Waals surface area contributed by atoms with Crippen LogP contribution in [0.15, 0.2) is 47.2 Å². The average Bonchev–Trinajstić information content (AvgIpc) is 3.36. The molecular formula is C22H24N4O3. The first-order valence-corrected chi connectivity index (χ1v) is 9.88. The third-order valence-corrected chi connectivity index (χ3v) is 4.65. The Bertz CT molecular complexity index is 1120. The number of fused-ring (bicyclic) bond motifs is 1. The molecule has 2 heterocycles. The third kappa shape index (κ3) is 3.94. The largest absolute Gasteiger partial charge is 0.490 e. The van der Waals surface area contributed by atoms with E-state index >= 15 is 0 Å². The van der Waals surface area contributed by atoms with Gasteiger partial charge in [-0.25, -0.2) is 4.98 Å². The van der Waals surface area contributed by atoms with E-state index in [2.05, 4.69) is 26.6 Å². The number of nitrogens with zero attached hydrogens (tertiary/aromatic N) is 4. The highest BCUT2D eigenvalue weighted by Gasteiger charge is 2.13. The Balaban J connectivity index is 1.56. The Morgan fingerprint density at radius 2 is 1.79 bits per heavy atom. The van der Waals surface area contributed by atoms with Crippen molar-refractivity contribution in [2.75, 3.05) is 13.2 Å². The highest BCUT2D eigenvalue weighted by Crippen LogP contribution is 2.29. The molecule has 0 atom stereocenters. The summed E-state index contributed by atoms with van der Waals surface area (Å²) in [4.78, 5) is 9.01. The lowest BCUT2D eigenvalue weighted by molar-refractivity contribution is 0.287. The van der Waals surface area contributed by atoms with Gasteiger partial charge in [0, 0.05) is 12.1 Å². The Morgan fingerprint density at radius 1 is 0.966 bits per heavy atom. The summed E-state index contributed by atoms with van der Waals surface area (Å²) in [5.74, 6) is 2.57. The minimum Gasteiger partial charge on any atom is -0.490 e. The van der Waals surface area contributed by atoms with E-state index in [9.17, 15) is 0 Å². The van der Waals surface area contributed by atoms with Gasteiger partial charge in [-0.2, -0.15) is 4.98 Å². The van der Waals surface area contributed by atoms with Gasteiger partial charge in [0.05, 0.1) is 37.0 Å². The number of aromatic nitrogens is 4. The fraction of sp³-hybridized carbons (Fsp3) is 0.318. The van der Waals surface area contributed by atoms with Crippen LogP contribution in [-0.4, -0.2) is 32.9 Å². The second-order valence-electron chi connectivity index (χ2n) is 6.57. The maximum atomic E-state index is 5.69. The average molecular weight is 392 g/mol. The van der Waals surface area contributed by atoms with Gasteiger partial charge in [-0.05, 0) is 56.7 Å². The van der Waals surface area contributed by atoms with Crippen molar-refractivity contribution in [3.05, 3.63) is 54.2 Å². The SMILES string of the molecule is CCOc1ccc(Cc2nc(-c3ccc4c(c3)ncn4CC)no2)cc1OCC. The first-order chi connectivity index (χ1) is 14.2. The summed E-state index contributed by atoms with van der Waals surface area (Å²) in [6, 6.07) is 11.9. The van der Waals surface area contributed by atoms with Crippen LogP contribution in [0, 0.1) is 0 Å². The zero-order valence-electron chi connectivity index (χ0n) is 16.9. The summed E-state index contributed by atoms with van der Waals surface area (Å²) in [5, 5.41) is 4.15. The van der Waals surface area contributed by atoms with E-state index in [0.717, 1.165) is 40.2 Å². The Morgan fingerprint density at radius 3 is 2.59 bits per heavy atom. The van der Waals surface area contributed by atoms with Crippen LogP contribution in [-0.2, 0) is 13.0 Å². The van der Waals surface area contributed by atoms with Crippen LogP contribution in [0.25, 0.3) is 22.4 Å². The lowest BCUT2D eigenvalue weighted by Gasteiger charge is -2.11. The highest BCUT2D eigenvalue weighted by atomic mass is 16.5. The van der Waals surface area contributed by atoms with Crippen molar-refractivity contribution in [2.45, 2.75) is 33.7 Å². The van der Waals surface area contributed by atoms with Crippen molar-refractivity contribution in [3.63, 3.8) is 0 Å². The molecule has 0 fully saturated rings. The number of hydrogen-bond donors (Lipinski definition) is 0. The third-order valence-electron chi connectivity index (χ3n) is 4.65. The normalized spacial score (nSPS) is 11.1. The monoisotopic (exact) mass is 392 g/mol. The number of benzene rings is 2. The van der Waals surface area contributed by atoms with Crippen molar-refractivity contribution in [2.24, 2.45) is 0 Å². The molecule has 0 aliphatic rings. The summed E-state index contributed by atoms with van der Waals surface area (Å²) < 4.78 is 18.9. The van der Waals surface area contributed by atoms with Crippen LogP contribution in [0.5, 0.6) is 11.5 Å². The smallest absolute Gasteiger partial charge is 0.231 e. The Kier molecular flexibility index (Phi) is 5.46. The first kappa shape index (κ1) is 19.0. The zero-order chi connectivity index (χ0) is 20.2. The summed E-state index contributed by atoms with van der Waals surface area (Å²) in [6.45, 7) is 8.05. The van der Waals surface area contributed by atoms with Crippen LogP contribution in [0.4, 0.5) is 0 Å². The van der Waals surface area contributed by atoms with Crippen molar-refractivity contribution < 1.29 is 14.0 Å². The molecule has 150 valence electrons. The summed E-state index contributed by atoms with van der Waals surface area (Å²) in [6.07, 6.45) is 2.37. The molecule has 0 saturated heterocycles. The topological polar surface area (TPSA) is 75.2 Å². The predicted molar refractivity (Wildman–Crippen MR) is 110 cm³/mol. The van der Waals surface area contributed by atoms with Crippen LogP contribution in [0.2, 0.25) is 0 Å². The molecule has 0 bridgehead atoms. The van der Waals surface area contributed by atoms with E-state index < -0.39 is 0 Å². The Labute approximate surface area is 169 Å². The van der Waals surface area contributed by atoms with Crippen molar-refractivity contribution in [3.8, 4) is 22.9 Å². The van der Waals surface area contributed by atoms with Crippen molar-refractivity contribution in [1.29, 1.82) is 0 Å². The van der Waals surface area contributed by atoms with Gasteiger partial charge in [0.25, 0.3) is 0 Å². The van der Waals surface area contributed by atoms with Crippen LogP contribution in [0.3, 0.4) is 0 Å². The van der Waals surface area contributed by atoms with Crippen molar-refractivity contribution in [1.82, 2.24) is 19.7 Å². The zero-order valence-corrected chi connectivity index (χ0v) is 16.9.